The van der Waals surface area contributed by atoms with Gasteiger partial charge >= 0.3 is 6.09 Å². The Balaban J connectivity index is 2.14. The van der Waals surface area contributed by atoms with Crippen molar-refractivity contribution in [2.45, 2.75) is 65.7 Å². The van der Waals surface area contributed by atoms with Crippen LogP contribution in [0.15, 0.2) is 54.6 Å². The van der Waals surface area contributed by atoms with Crippen LogP contribution in [0.2, 0.25) is 5.02 Å². The fraction of sp³-hybridized carbons (Fsp3) is 0.400. The van der Waals surface area contributed by atoms with Gasteiger partial charge in [-0.3, -0.25) is 0 Å². The van der Waals surface area contributed by atoms with Crippen LogP contribution in [-0.4, -0.2) is 11.7 Å². The Bertz CT molecular complexity index is 892. The van der Waals surface area contributed by atoms with Crippen LogP contribution in [-0.2, 0) is 4.74 Å². The van der Waals surface area contributed by atoms with Crippen molar-refractivity contribution < 1.29 is 14.3 Å². The minimum Gasteiger partial charge on any atom is -0.483 e. The molecule has 0 heterocycles. The molecule has 5 heteroatoms. The fourth-order valence-corrected chi connectivity index (χ4v) is 3.46. The van der Waals surface area contributed by atoms with Crippen molar-refractivity contribution >= 4 is 17.7 Å². The van der Waals surface area contributed by atoms with E-state index in [2.05, 4.69) is 24.4 Å². The molecule has 0 aliphatic rings. The largest absolute Gasteiger partial charge is 0.483 e. The number of carbonyl (C=O) groups is 1. The van der Waals surface area contributed by atoms with E-state index in [0.29, 0.717) is 5.02 Å². The average molecular weight is 430 g/mol. The summed E-state index contributed by atoms with van der Waals surface area (Å²) in [5, 5.41) is 3.48. The first kappa shape index (κ1) is 23.8. The van der Waals surface area contributed by atoms with Crippen LogP contribution in [0.25, 0.3) is 0 Å². The lowest BCUT2D eigenvalue weighted by Gasteiger charge is -2.28. The van der Waals surface area contributed by atoms with Crippen molar-refractivity contribution in [3.63, 3.8) is 0 Å². The highest BCUT2D eigenvalue weighted by Crippen LogP contribution is 2.32. The fourth-order valence-electron chi connectivity index (χ4n) is 3.17. The highest BCUT2D eigenvalue weighted by molar-refractivity contribution is 6.31. The van der Waals surface area contributed by atoms with Gasteiger partial charge in [0.25, 0.3) is 0 Å². The molecule has 0 bridgehead atoms. The normalized spacial score (nSPS) is 13.7. The van der Waals surface area contributed by atoms with Gasteiger partial charge in [-0.2, -0.15) is 0 Å². The number of benzene rings is 2. The summed E-state index contributed by atoms with van der Waals surface area (Å²) in [4.78, 5) is 12.5. The maximum absolute atomic E-state index is 12.5. The Morgan fingerprint density at radius 1 is 1.13 bits per heavy atom. The van der Waals surface area contributed by atoms with Crippen molar-refractivity contribution in [2.24, 2.45) is 0 Å². The lowest BCUT2D eigenvalue weighted by molar-refractivity contribution is 0.104. The number of aryl methyl sites for hydroxylation is 1. The third-order valence-electron chi connectivity index (χ3n) is 4.79. The summed E-state index contributed by atoms with van der Waals surface area (Å²) in [6.45, 7) is 11.9. The molecule has 4 nitrogen and oxygen atoms in total. The molecule has 0 aliphatic carbocycles. The van der Waals surface area contributed by atoms with Crippen molar-refractivity contribution in [3.05, 3.63) is 76.3 Å². The van der Waals surface area contributed by atoms with Crippen molar-refractivity contribution in [2.75, 3.05) is 0 Å². The van der Waals surface area contributed by atoms with E-state index in [4.69, 9.17) is 21.1 Å². The van der Waals surface area contributed by atoms with Crippen LogP contribution in [0, 0.1) is 6.92 Å². The van der Waals surface area contributed by atoms with E-state index in [0.717, 1.165) is 28.9 Å². The van der Waals surface area contributed by atoms with Crippen LogP contribution in [0.5, 0.6) is 5.75 Å². The molecule has 2 atom stereocenters. The Hall–Kier alpha value is -2.46. The van der Waals surface area contributed by atoms with Crippen molar-refractivity contribution in [1.82, 2.24) is 5.32 Å². The number of rotatable bonds is 8. The first-order valence-electron chi connectivity index (χ1n) is 10.3. The topological polar surface area (TPSA) is 47.6 Å². The molecule has 1 N–H and O–H groups in total. The quantitative estimate of drug-likeness (QED) is 0.447. The Labute approximate surface area is 185 Å². The highest BCUT2D eigenvalue weighted by Gasteiger charge is 2.23. The molecule has 2 rings (SSSR count). The zero-order valence-electron chi connectivity index (χ0n) is 18.7. The van der Waals surface area contributed by atoms with Gasteiger partial charge in [-0.05, 0) is 58.7 Å². The molecule has 162 valence electrons. The lowest BCUT2D eigenvalue weighted by atomic mass is 10.0. The number of carbonyl (C=O) groups excluding carboxylic acids is 1. The van der Waals surface area contributed by atoms with E-state index in [1.807, 2.05) is 64.1 Å². The highest BCUT2D eigenvalue weighted by atomic mass is 35.5. The van der Waals surface area contributed by atoms with Gasteiger partial charge in [0.15, 0.2) is 0 Å². The van der Waals surface area contributed by atoms with Crippen LogP contribution in [0.4, 0.5) is 4.79 Å². The maximum Gasteiger partial charge on any atom is 0.408 e. The maximum atomic E-state index is 12.5. The molecule has 1 unspecified atom stereocenters. The van der Waals surface area contributed by atoms with E-state index in [9.17, 15) is 4.79 Å². The summed E-state index contributed by atoms with van der Waals surface area (Å²) in [5.74, 6) is 0.773. The Morgan fingerprint density at radius 2 is 1.80 bits per heavy atom. The second kappa shape index (κ2) is 10.5. The van der Waals surface area contributed by atoms with E-state index in [1.54, 1.807) is 13.0 Å². The number of para-hydroxylation sites is 1. The zero-order valence-corrected chi connectivity index (χ0v) is 19.4. The minimum absolute atomic E-state index is 0.295. The number of ether oxygens (including phenoxy) is 2. The average Bonchev–Trinajstić information content (AvgIpc) is 2.68. The molecule has 1 amide bonds. The predicted octanol–water partition coefficient (Wildman–Crippen LogP) is 7.32. The van der Waals surface area contributed by atoms with Gasteiger partial charge in [0.2, 0.25) is 0 Å². The summed E-state index contributed by atoms with van der Waals surface area (Å²) in [6.07, 6.45) is 4.12. The molecule has 0 aromatic heterocycles. The molecule has 0 saturated carbocycles. The van der Waals surface area contributed by atoms with Gasteiger partial charge in [0, 0.05) is 16.1 Å². The minimum atomic E-state index is -0.507. The second-order valence-corrected chi connectivity index (χ2v) is 8.35. The molecule has 0 fully saturated rings. The molecule has 2 aromatic carbocycles. The van der Waals surface area contributed by atoms with E-state index in [-0.39, 0.29) is 6.04 Å². The summed E-state index contributed by atoms with van der Waals surface area (Å²) >= 11 is 6.21. The Morgan fingerprint density at radius 3 is 2.47 bits per heavy atom. The summed E-state index contributed by atoms with van der Waals surface area (Å²) < 4.78 is 11.9. The van der Waals surface area contributed by atoms with Gasteiger partial charge in [0.1, 0.15) is 17.5 Å². The van der Waals surface area contributed by atoms with Crippen LogP contribution in [0.1, 0.15) is 69.9 Å². The number of allylic oxidation sites excluding steroid dienone is 1. The number of amides is 1. The molecule has 0 radical (unpaired) electrons. The second-order valence-electron chi connectivity index (χ2n) is 7.94. The number of alkyl carbamates (subject to hydrolysis) is 1. The standard InChI is InChI=1S/C25H32ClNO3/c1-7-8-16-25(5,6)30-23-17(2)12-11-14-20(23)18(3)27-24(28)29-19(4)21-13-9-10-15-22(21)26/h8-16,18-19H,7H2,1-6H3,(H,27,28)/b16-8-/t18?,19-/m1/s1. The SMILES string of the molecule is CC/C=C\C(C)(C)Oc1c(C)cccc1C(C)NC(=O)O[C@H](C)c1ccccc1Cl. The smallest absolute Gasteiger partial charge is 0.408 e. The summed E-state index contributed by atoms with van der Waals surface area (Å²) in [5.41, 5.74) is 2.22. The number of nitrogens with one attached hydrogen (secondary N) is 1. The van der Waals surface area contributed by atoms with E-state index in [1.165, 1.54) is 0 Å². The monoisotopic (exact) mass is 429 g/mol. The molecule has 30 heavy (non-hydrogen) atoms. The predicted molar refractivity (Wildman–Crippen MR) is 123 cm³/mol. The van der Waals surface area contributed by atoms with Gasteiger partial charge in [-0.15, -0.1) is 0 Å². The van der Waals surface area contributed by atoms with Crippen molar-refractivity contribution in [1.29, 1.82) is 0 Å². The van der Waals surface area contributed by atoms with Gasteiger partial charge in [0.05, 0.1) is 6.04 Å². The van der Waals surface area contributed by atoms with Gasteiger partial charge in [-0.25, -0.2) is 4.79 Å². The third kappa shape index (κ3) is 6.53. The summed E-state index contributed by atoms with van der Waals surface area (Å²) in [6, 6.07) is 13.0. The number of halogens is 1. The summed E-state index contributed by atoms with van der Waals surface area (Å²) in [7, 11) is 0. The van der Waals surface area contributed by atoms with Gasteiger partial charge < -0.3 is 14.8 Å². The molecule has 0 saturated heterocycles. The van der Waals surface area contributed by atoms with Crippen LogP contribution < -0.4 is 10.1 Å². The Kier molecular flexibility index (Phi) is 8.36. The van der Waals surface area contributed by atoms with Crippen LogP contribution in [0.3, 0.4) is 0 Å². The van der Waals surface area contributed by atoms with E-state index >= 15 is 0 Å². The number of hydrogen-bond acceptors (Lipinski definition) is 3. The third-order valence-corrected chi connectivity index (χ3v) is 5.13. The first-order valence-corrected chi connectivity index (χ1v) is 10.7. The van der Waals surface area contributed by atoms with Gasteiger partial charge in [-0.1, -0.05) is 61.0 Å². The molecular weight excluding hydrogens is 398 g/mol. The van der Waals surface area contributed by atoms with E-state index < -0.39 is 17.8 Å². The molecule has 2 aromatic rings. The molecular formula is C25H32ClNO3. The zero-order chi connectivity index (χ0) is 22.3. The number of hydrogen-bond donors (Lipinski definition) is 1. The molecule has 0 spiro atoms. The first-order chi connectivity index (χ1) is 14.1. The van der Waals surface area contributed by atoms with Crippen LogP contribution >= 0.6 is 11.6 Å². The van der Waals surface area contributed by atoms with Crippen molar-refractivity contribution in [3.8, 4) is 5.75 Å². The lowest BCUT2D eigenvalue weighted by Crippen LogP contribution is -2.30. The molecule has 0 aliphatic heterocycles.